The van der Waals surface area contributed by atoms with Crippen LogP contribution in [0.2, 0.25) is 0 Å². The van der Waals surface area contributed by atoms with Crippen LogP contribution in [-0.2, 0) is 20.3 Å². The largest absolute Gasteiger partial charge is 0.490 e. The van der Waals surface area contributed by atoms with E-state index in [1.807, 2.05) is 25.1 Å². The van der Waals surface area contributed by atoms with Gasteiger partial charge in [-0.15, -0.1) is 0 Å². The smallest absolute Gasteiger partial charge is 0.322 e. The fourth-order valence-electron chi connectivity index (χ4n) is 5.09. The van der Waals surface area contributed by atoms with Crippen molar-refractivity contribution >= 4 is 16.1 Å². The molecular formula is C27H36O7S. The average Bonchev–Trinajstić information content (AvgIpc) is 3.22. The van der Waals surface area contributed by atoms with Crippen molar-refractivity contribution in [1.29, 1.82) is 0 Å². The molecule has 0 amide bonds. The summed E-state index contributed by atoms with van der Waals surface area (Å²) in [6.07, 6.45) is 5.24. The number of ether oxygens (including phenoxy) is 1. The Morgan fingerprint density at radius 1 is 0.971 bits per heavy atom. The molecule has 1 saturated carbocycles. The fraction of sp³-hybridized carbons (Fsp3) is 0.519. The van der Waals surface area contributed by atoms with E-state index in [-0.39, 0.29) is 11.2 Å². The second kappa shape index (κ2) is 10.6. The topological polar surface area (TPSA) is 110 Å². The zero-order chi connectivity index (χ0) is 25.9. The number of carboxylic acids is 1. The Hall–Kier alpha value is -2.58. The Bertz CT molecular complexity index is 1160. The van der Waals surface area contributed by atoms with Crippen molar-refractivity contribution in [1.82, 2.24) is 0 Å². The van der Waals surface area contributed by atoms with Crippen LogP contribution in [0.15, 0.2) is 36.4 Å². The Labute approximate surface area is 208 Å². The predicted octanol–water partition coefficient (Wildman–Crippen LogP) is 4.89. The van der Waals surface area contributed by atoms with Crippen molar-refractivity contribution in [2.45, 2.75) is 77.2 Å². The number of hydrogen-bond donors (Lipinski definition) is 2. The highest BCUT2D eigenvalue weighted by Gasteiger charge is 2.34. The van der Waals surface area contributed by atoms with Gasteiger partial charge in [-0.05, 0) is 73.9 Å². The highest BCUT2D eigenvalue weighted by molar-refractivity contribution is 7.87. The SMILES string of the molecule is CCC(CC)(c1ccc(OCC2(O)CCCC2)c(C)c1)c1ccc(OS(=O)(=O)CC(=O)O)c(C)c1. The minimum atomic E-state index is -4.23. The molecule has 0 aliphatic heterocycles. The van der Waals surface area contributed by atoms with E-state index in [0.717, 1.165) is 61.0 Å². The lowest BCUT2D eigenvalue weighted by Gasteiger charge is -2.34. The maximum atomic E-state index is 12.0. The van der Waals surface area contributed by atoms with Gasteiger partial charge in [0.25, 0.3) is 0 Å². The number of carbonyl (C=O) groups is 1. The standard InChI is InChI=1S/C27H36O7S/c1-5-27(6-2,22-10-12-24(20(4)16-22)34-35(31,32)17-25(28)29)21-9-11-23(19(3)15-21)33-18-26(30)13-7-8-14-26/h9-12,15-16,30H,5-8,13-14,17-18H2,1-4H3,(H,28,29). The Balaban J connectivity index is 1.88. The Morgan fingerprint density at radius 3 is 1.94 bits per heavy atom. The first-order valence-corrected chi connectivity index (χ1v) is 13.7. The summed E-state index contributed by atoms with van der Waals surface area (Å²) in [5.41, 5.74) is 2.71. The monoisotopic (exact) mass is 504 g/mol. The summed E-state index contributed by atoms with van der Waals surface area (Å²) in [6, 6.07) is 11.5. The molecule has 3 rings (SSSR count). The quantitative estimate of drug-likeness (QED) is 0.419. The molecule has 1 aliphatic rings. The van der Waals surface area contributed by atoms with Crippen LogP contribution in [0, 0.1) is 13.8 Å². The highest BCUT2D eigenvalue weighted by atomic mass is 32.2. The summed E-state index contributed by atoms with van der Waals surface area (Å²) in [7, 11) is -4.23. The lowest BCUT2D eigenvalue weighted by Crippen LogP contribution is -2.32. The summed E-state index contributed by atoms with van der Waals surface area (Å²) in [5.74, 6) is -1.66. The van der Waals surface area contributed by atoms with Crippen LogP contribution in [0.3, 0.4) is 0 Å². The van der Waals surface area contributed by atoms with Gasteiger partial charge >= 0.3 is 16.1 Å². The molecule has 0 bridgehead atoms. The molecule has 192 valence electrons. The lowest BCUT2D eigenvalue weighted by molar-refractivity contribution is -0.134. The maximum Gasteiger partial charge on any atom is 0.322 e. The maximum absolute atomic E-state index is 12.0. The van der Waals surface area contributed by atoms with Gasteiger partial charge in [-0.3, -0.25) is 4.79 Å². The van der Waals surface area contributed by atoms with Gasteiger partial charge in [-0.25, -0.2) is 0 Å². The molecule has 7 nitrogen and oxygen atoms in total. The summed E-state index contributed by atoms with van der Waals surface area (Å²) >= 11 is 0. The molecule has 0 heterocycles. The predicted molar refractivity (Wildman–Crippen MR) is 135 cm³/mol. The highest BCUT2D eigenvalue weighted by Crippen LogP contribution is 2.42. The third-order valence-corrected chi connectivity index (χ3v) is 8.24. The van der Waals surface area contributed by atoms with E-state index in [4.69, 9.17) is 14.0 Å². The average molecular weight is 505 g/mol. The van der Waals surface area contributed by atoms with E-state index >= 15 is 0 Å². The number of hydrogen-bond acceptors (Lipinski definition) is 6. The molecule has 2 aromatic carbocycles. The first-order chi connectivity index (χ1) is 16.4. The lowest BCUT2D eigenvalue weighted by atomic mass is 9.70. The summed E-state index contributed by atoms with van der Waals surface area (Å²) in [5, 5.41) is 19.4. The van der Waals surface area contributed by atoms with Crippen molar-refractivity contribution in [2.24, 2.45) is 0 Å². The van der Waals surface area contributed by atoms with E-state index in [9.17, 15) is 18.3 Å². The number of carboxylic acid groups (broad SMARTS) is 1. The van der Waals surface area contributed by atoms with Crippen LogP contribution in [0.25, 0.3) is 0 Å². The number of aliphatic hydroxyl groups is 1. The number of aliphatic carboxylic acids is 1. The molecule has 0 spiro atoms. The molecule has 0 unspecified atom stereocenters. The van der Waals surface area contributed by atoms with E-state index in [2.05, 4.69) is 26.0 Å². The third kappa shape index (κ3) is 6.16. The molecule has 1 aliphatic carbocycles. The van der Waals surface area contributed by atoms with E-state index in [1.165, 1.54) is 0 Å². The molecule has 1 fully saturated rings. The minimum absolute atomic E-state index is 0.126. The van der Waals surface area contributed by atoms with Crippen LogP contribution in [-0.4, -0.2) is 42.6 Å². The van der Waals surface area contributed by atoms with E-state index < -0.39 is 27.4 Å². The number of rotatable bonds is 11. The van der Waals surface area contributed by atoms with E-state index in [0.29, 0.717) is 12.2 Å². The molecule has 35 heavy (non-hydrogen) atoms. The molecule has 0 radical (unpaired) electrons. The third-order valence-electron chi connectivity index (χ3n) is 7.21. The van der Waals surface area contributed by atoms with Gasteiger partial charge in [-0.1, -0.05) is 51.0 Å². The van der Waals surface area contributed by atoms with Gasteiger partial charge in [0.05, 0.1) is 5.60 Å². The van der Waals surface area contributed by atoms with Crippen molar-refractivity contribution in [3.05, 3.63) is 58.7 Å². The van der Waals surface area contributed by atoms with Gasteiger partial charge in [0, 0.05) is 5.41 Å². The Kier molecular flexibility index (Phi) is 8.17. The number of aryl methyl sites for hydroxylation is 2. The number of benzene rings is 2. The van der Waals surface area contributed by atoms with E-state index in [1.54, 1.807) is 13.0 Å². The molecule has 8 heteroatoms. The summed E-state index contributed by atoms with van der Waals surface area (Å²) in [4.78, 5) is 10.8. The van der Waals surface area contributed by atoms with Crippen LogP contribution in [0.1, 0.15) is 74.6 Å². The summed E-state index contributed by atoms with van der Waals surface area (Å²) < 4.78 is 35.0. The van der Waals surface area contributed by atoms with Gasteiger partial charge < -0.3 is 19.1 Å². The van der Waals surface area contributed by atoms with Crippen molar-refractivity contribution in [3.63, 3.8) is 0 Å². The second-order valence-corrected chi connectivity index (χ2v) is 11.2. The van der Waals surface area contributed by atoms with Gasteiger partial charge in [0.1, 0.15) is 18.1 Å². The summed E-state index contributed by atoms with van der Waals surface area (Å²) in [6.45, 7) is 8.29. The molecule has 2 aromatic rings. The molecule has 0 aromatic heterocycles. The molecular weight excluding hydrogens is 468 g/mol. The normalized spacial score (nSPS) is 15.7. The molecule has 0 atom stereocenters. The van der Waals surface area contributed by atoms with Crippen molar-refractivity contribution in [3.8, 4) is 11.5 Å². The first-order valence-electron chi connectivity index (χ1n) is 12.1. The van der Waals surface area contributed by atoms with Gasteiger partial charge in [0.15, 0.2) is 5.75 Å². The molecule has 2 N–H and O–H groups in total. The van der Waals surface area contributed by atoms with Crippen LogP contribution in [0.5, 0.6) is 11.5 Å². The van der Waals surface area contributed by atoms with Crippen molar-refractivity contribution < 1.29 is 32.3 Å². The zero-order valence-electron chi connectivity index (χ0n) is 21.0. The van der Waals surface area contributed by atoms with Crippen LogP contribution in [0.4, 0.5) is 0 Å². The zero-order valence-corrected chi connectivity index (χ0v) is 21.8. The molecule has 0 saturated heterocycles. The minimum Gasteiger partial charge on any atom is -0.490 e. The van der Waals surface area contributed by atoms with Gasteiger partial charge in [0.2, 0.25) is 0 Å². The van der Waals surface area contributed by atoms with Crippen molar-refractivity contribution in [2.75, 3.05) is 12.4 Å². The van der Waals surface area contributed by atoms with Gasteiger partial charge in [-0.2, -0.15) is 8.42 Å². The first kappa shape index (κ1) is 27.0. The second-order valence-electron chi connectivity index (χ2n) is 9.65. The Morgan fingerprint density at radius 2 is 1.49 bits per heavy atom. The van der Waals surface area contributed by atoms with Crippen LogP contribution < -0.4 is 8.92 Å². The fourth-order valence-corrected chi connectivity index (χ4v) is 5.91. The van der Waals surface area contributed by atoms with Crippen LogP contribution >= 0.6 is 0 Å².